The van der Waals surface area contributed by atoms with Crippen LogP contribution < -0.4 is 0 Å². The summed E-state index contributed by atoms with van der Waals surface area (Å²) in [6.45, 7) is 25.2. The molecule has 239 valence electrons. The third-order valence-electron chi connectivity index (χ3n) is 8.06. The number of hydrogen-bond acceptors (Lipinski definition) is 8. The Kier molecular flexibility index (Phi) is 18.2. The molecule has 1 aliphatic carbocycles. The van der Waals surface area contributed by atoms with Crippen molar-refractivity contribution in [2.75, 3.05) is 0 Å². The Hall–Kier alpha value is 0.331. The van der Waals surface area contributed by atoms with E-state index < -0.39 is 22.9 Å². The van der Waals surface area contributed by atoms with Crippen LogP contribution in [0.1, 0.15) is 134 Å². The van der Waals surface area contributed by atoms with Crippen molar-refractivity contribution in [2.45, 2.75) is 194 Å². The minimum Gasteiger partial charge on any atom is -0.435 e. The third-order valence-corrected chi connectivity index (χ3v) is 10.3. The Bertz CT molecular complexity index is 627. The van der Waals surface area contributed by atoms with E-state index in [0.717, 1.165) is 38.5 Å². The summed E-state index contributed by atoms with van der Waals surface area (Å²) in [5, 5.41) is 0. The molecule has 11 heteroatoms. The highest BCUT2D eigenvalue weighted by molar-refractivity contribution is 6.43. The van der Waals surface area contributed by atoms with E-state index in [1.165, 1.54) is 0 Å². The van der Waals surface area contributed by atoms with Crippen molar-refractivity contribution in [2.24, 2.45) is 0 Å². The molecule has 41 heavy (non-hydrogen) atoms. The second kappa shape index (κ2) is 19.0. The summed E-state index contributed by atoms with van der Waals surface area (Å²) in [6.07, 6.45) is 5.09. The lowest BCUT2D eigenvalue weighted by atomic mass is 9.81. The number of hydrogen-bond donors (Lipinski definition) is 0. The van der Waals surface area contributed by atoms with E-state index in [1.54, 1.807) is 0 Å². The molecule has 6 atom stereocenters. The molecule has 0 heterocycles. The predicted molar refractivity (Wildman–Crippen MR) is 166 cm³/mol. The van der Waals surface area contributed by atoms with E-state index in [2.05, 4.69) is 93.6 Å². The molecule has 0 aliphatic heterocycles. The maximum absolute atomic E-state index is 7.05. The fraction of sp³-hybridized carbons (Fsp3) is 1.00. The van der Waals surface area contributed by atoms with Crippen molar-refractivity contribution in [3.05, 3.63) is 0 Å². The first-order chi connectivity index (χ1) is 19.3. The highest BCUT2D eigenvalue weighted by Gasteiger charge is 2.68. The van der Waals surface area contributed by atoms with Gasteiger partial charge in [0, 0.05) is 0 Å². The fourth-order valence-electron chi connectivity index (χ4n) is 4.92. The molecule has 1 fully saturated rings. The smallest absolute Gasteiger partial charge is 0.409 e. The second-order valence-corrected chi connectivity index (χ2v) is 14.4. The Morgan fingerprint density at radius 2 is 0.854 bits per heavy atom. The van der Waals surface area contributed by atoms with Gasteiger partial charge in [-0.25, -0.2) is 0 Å². The third kappa shape index (κ3) is 11.6. The van der Waals surface area contributed by atoms with Gasteiger partial charge < -0.3 is 36.7 Å². The summed E-state index contributed by atoms with van der Waals surface area (Å²) in [7, 11) is 2.81. The molecule has 1 aliphatic rings. The molecule has 1 rings (SSSR count). The fourth-order valence-corrected chi connectivity index (χ4v) is 6.96. The van der Waals surface area contributed by atoms with E-state index in [0.29, 0.717) is 12.8 Å². The van der Waals surface area contributed by atoms with Gasteiger partial charge in [0.15, 0.2) is 17.4 Å². The van der Waals surface area contributed by atoms with Crippen LogP contribution in [0.3, 0.4) is 0 Å². The van der Waals surface area contributed by atoms with Crippen LogP contribution in [0.15, 0.2) is 0 Å². The lowest BCUT2D eigenvalue weighted by Gasteiger charge is -2.60. The van der Waals surface area contributed by atoms with Gasteiger partial charge in [-0.05, 0) is 80.1 Å². The van der Waals surface area contributed by atoms with Crippen LogP contribution in [0.5, 0.6) is 0 Å². The van der Waals surface area contributed by atoms with Crippen molar-refractivity contribution >= 4 is 30.3 Å². The van der Waals surface area contributed by atoms with Crippen LogP contribution in [0, 0.1) is 0 Å². The van der Waals surface area contributed by atoms with Crippen molar-refractivity contribution in [1.29, 1.82) is 0 Å². The molecule has 6 unspecified atom stereocenters. The molecule has 0 aromatic heterocycles. The highest BCUT2D eigenvalue weighted by Crippen LogP contribution is 2.57. The molecule has 0 saturated heterocycles. The van der Waals surface area contributed by atoms with Gasteiger partial charge >= 0.3 is 10.0 Å². The summed E-state index contributed by atoms with van der Waals surface area (Å²) in [5.41, 5.74) is -0.440. The van der Waals surface area contributed by atoms with E-state index in [1.807, 2.05) is 0 Å². The first-order valence-electron chi connectivity index (χ1n) is 15.9. The molecule has 0 N–H and O–H groups in total. The standard InChI is InChI=1S/C30H59O8Si3/c1-13-21(7)31-28(32-22(8)14-2)19-29(33-23(9)15-3,34-24(10)16-4)27(40-38-41-37-39)30(20-28,35-25(11)17-5)36-26(12)18-6/h21-27H,13-20H2,1-12H3. The molecule has 0 aromatic rings. The zero-order valence-electron chi connectivity index (χ0n) is 28.0. The van der Waals surface area contributed by atoms with Crippen LogP contribution >= 0.6 is 0 Å². The Morgan fingerprint density at radius 3 is 1.12 bits per heavy atom. The van der Waals surface area contributed by atoms with Gasteiger partial charge in [0.05, 0.1) is 55.0 Å². The van der Waals surface area contributed by atoms with Crippen LogP contribution in [-0.2, 0) is 36.7 Å². The van der Waals surface area contributed by atoms with Gasteiger partial charge in [-0.1, -0.05) is 41.5 Å². The molecule has 0 bridgehead atoms. The van der Waals surface area contributed by atoms with Crippen molar-refractivity contribution in [1.82, 2.24) is 0 Å². The van der Waals surface area contributed by atoms with Gasteiger partial charge in [0.25, 0.3) is 0 Å². The molecule has 0 spiro atoms. The zero-order chi connectivity index (χ0) is 31.3. The largest absolute Gasteiger partial charge is 0.435 e. The molecule has 7 radical (unpaired) electrons. The van der Waals surface area contributed by atoms with Gasteiger partial charge in [0.1, 0.15) is 0 Å². The molecular formula is C30H59O8Si3. The van der Waals surface area contributed by atoms with Gasteiger partial charge in [-0.3, -0.25) is 0 Å². The summed E-state index contributed by atoms with van der Waals surface area (Å²) >= 11 is 0. The maximum Gasteiger partial charge on any atom is 0.409 e. The van der Waals surface area contributed by atoms with E-state index >= 15 is 0 Å². The summed E-state index contributed by atoms with van der Waals surface area (Å²) < 4.78 is 53.4. The first kappa shape index (κ1) is 39.4. The van der Waals surface area contributed by atoms with Crippen molar-refractivity contribution < 1.29 is 36.7 Å². The van der Waals surface area contributed by atoms with Gasteiger partial charge in [-0.15, -0.1) is 0 Å². The number of ether oxygens (including phenoxy) is 6. The Balaban J connectivity index is 4.14. The molecule has 1 saturated carbocycles. The van der Waals surface area contributed by atoms with Crippen molar-refractivity contribution in [3.8, 4) is 0 Å². The quantitative estimate of drug-likeness (QED) is 0.0733. The van der Waals surface area contributed by atoms with E-state index in [9.17, 15) is 0 Å². The molecule has 0 aromatic carbocycles. The second-order valence-electron chi connectivity index (χ2n) is 11.7. The minimum absolute atomic E-state index is 0.0628. The summed E-state index contributed by atoms with van der Waals surface area (Å²) in [4.78, 5) is 0. The van der Waals surface area contributed by atoms with Gasteiger partial charge in [-0.2, -0.15) is 0 Å². The van der Waals surface area contributed by atoms with Gasteiger partial charge in [0.2, 0.25) is 20.2 Å². The summed E-state index contributed by atoms with van der Waals surface area (Å²) in [6, 6.07) is 0. The van der Waals surface area contributed by atoms with Crippen LogP contribution in [0.4, 0.5) is 0 Å². The lowest BCUT2D eigenvalue weighted by Crippen LogP contribution is -2.69. The highest BCUT2D eigenvalue weighted by atomic mass is 28.3. The summed E-state index contributed by atoms with van der Waals surface area (Å²) in [5.74, 6) is -3.44. The Morgan fingerprint density at radius 1 is 0.561 bits per heavy atom. The Labute approximate surface area is 260 Å². The molecule has 0 amide bonds. The van der Waals surface area contributed by atoms with Crippen LogP contribution in [0.2, 0.25) is 5.54 Å². The topological polar surface area (TPSA) is 73.8 Å². The molecule has 8 nitrogen and oxygen atoms in total. The lowest BCUT2D eigenvalue weighted by molar-refractivity contribution is -0.431. The van der Waals surface area contributed by atoms with Crippen molar-refractivity contribution in [3.63, 3.8) is 0 Å². The zero-order valence-corrected chi connectivity index (χ0v) is 31.0. The number of rotatable bonds is 22. The average molecular weight is 632 g/mol. The predicted octanol–water partition coefficient (Wildman–Crippen LogP) is 6.82. The van der Waals surface area contributed by atoms with Crippen LogP contribution in [-0.4, -0.2) is 84.2 Å². The van der Waals surface area contributed by atoms with Crippen LogP contribution in [0.25, 0.3) is 0 Å². The minimum atomic E-state index is -1.18. The van der Waals surface area contributed by atoms with E-state index in [-0.39, 0.29) is 56.4 Å². The average Bonchev–Trinajstić information content (AvgIpc) is 2.93. The normalized spacial score (nSPS) is 31.4. The monoisotopic (exact) mass is 631 g/mol. The maximum atomic E-state index is 7.05. The van der Waals surface area contributed by atoms with E-state index in [4.69, 9.17) is 36.7 Å². The SMILES string of the molecule is CCC(C)OC1(OC(C)CC)CC(OC(C)CC)(OC(C)CC)C([Si]O[Si]O[Si])C(OC(C)CC)(OC(C)CC)C1. The first-order valence-corrected chi connectivity index (χ1v) is 18.1. The molecular weight excluding hydrogens is 573 g/mol.